The van der Waals surface area contributed by atoms with Crippen LogP contribution in [0.5, 0.6) is 0 Å². The van der Waals surface area contributed by atoms with Gasteiger partial charge in [0, 0.05) is 5.56 Å². The molecule has 2 atom stereocenters. The molecule has 0 aliphatic carbocycles. The molecule has 0 saturated carbocycles. The Morgan fingerprint density at radius 3 is 2.59 bits per heavy atom. The number of nitrogens with two attached hydrogens (primary N) is 1. The Kier molecular flexibility index (Phi) is 4.95. The largest absolute Gasteiger partial charge is 0.542 e. The van der Waals surface area contributed by atoms with E-state index in [1.807, 2.05) is 0 Å². The third-order valence-corrected chi connectivity index (χ3v) is 3.34. The zero-order valence-corrected chi connectivity index (χ0v) is 12.1. The summed E-state index contributed by atoms with van der Waals surface area (Å²) in [6.45, 7) is 0. The summed E-state index contributed by atoms with van der Waals surface area (Å²) in [7, 11) is -2.53. The van der Waals surface area contributed by atoms with Crippen molar-refractivity contribution in [2.45, 2.75) is 5.85 Å². The first-order valence-corrected chi connectivity index (χ1v) is 7.34. The van der Waals surface area contributed by atoms with Gasteiger partial charge in [-0.25, -0.2) is 4.98 Å². The molecule has 10 heteroatoms. The summed E-state index contributed by atoms with van der Waals surface area (Å²) in [6, 6.07) is 8.40. The van der Waals surface area contributed by atoms with Crippen LogP contribution in [0.4, 0.5) is 5.95 Å². The highest BCUT2D eigenvalue weighted by Crippen LogP contribution is 2.34. The number of nitrogens with zero attached hydrogens (tertiary/aromatic N) is 2. The van der Waals surface area contributed by atoms with E-state index in [0.717, 1.165) is 0 Å². The van der Waals surface area contributed by atoms with Crippen LogP contribution in [0, 0.1) is 0 Å². The highest BCUT2D eigenvalue weighted by atomic mass is 31.1. The van der Waals surface area contributed by atoms with Crippen LogP contribution in [0.15, 0.2) is 41.5 Å². The van der Waals surface area contributed by atoms with E-state index in [4.69, 9.17) is 15.7 Å². The lowest BCUT2D eigenvalue weighted by atomic mass is 10.2. The zero-order valence-electron chi connectivity index (χ0n) is 11.2. The average molecular weight is 322 g/mol. The quantitative estimate of drug-likeness (QED) is 0.433. The van der Waals surface area contributed by atoms with Crippen molar-refractivity contribution in [2.24, 2.45) is 0 Å². The molecule has 0 saturated heterocycles. The molecule has 0 radical (unpaired) electrons. The number of hydrogen-bond acceptors (Lipinski definition) is 6. The molecular weight excluding hydrogens is 309 g/mol. The van der Waals surface area contributed by atoms with Gasteiger partial charge in [-0.2, -0.15) is 9.88 Å². The number of anilines is 1. The first-order chi connectivity index (χ1) is 10.5. The van der Waals surface area contributed by atoms with Gasteiger partial charge in [0.15, 0.2) is 11.2 Å². The van der Waals surface area contributed by atoms with Gasteiger partial charge in [0.1, 0.15) is 0 Å². The summed E-state index contributed by atoms with van der Waals surface area (Å²) >= 11 is 0. The van der Waals surface area contributed by atoms with Gasteiger partial charge in [0.05, 0.1) is 6.33 Å². The van der Waals surface area contributed by atoms with Crippen molar-refractivity contribution in [3.05, 3.63) is 52.6 Å². The SMILES string of the molecule is Nc1nc2nc[nH]c2c(=O)[nH]1.O=[P+](O)C(O)c1ccccc1. The van der Waals surface area contributed by atoms with Gasteiger partial charge in [-0.1, -0.05) is 30.3 Å². The van der Waals surface area contributed by atoms with E-state index in [2.05, 4.69) is 19.9 Å². The molecule has 6 N–H and O–H groups in total. The fraction of sp³-hybridized carbons (Fsp3) is 0.0833. The van der Waals surface area contributed by atoms with Gasteiger partial charge < -0.3 is 15.8 Å². The fourth-order valence-corrected chi connectivity index (χ4v) is 2.04. The summed E-state index contributed by atoms with van der Waals surface area (Å²) in [6.07, 6.45) is 1.40. The summed E-state index contributed by atoms with van der Waals surface area (Å²) in [5.74, 6) is -1.18. The number of aromatic nitrogens is 4. The number of rotatable bonds is 2. The van der Waals surface area contributed by atoms with E-state index in [9.17, 15) is 9.36 Å². The Bertz CT molecular complexity index is 832. The summed E-state index contributed by atoms with van der Waals surface area (Å²) in [5.41, 5.74) is 6.12. The lowest BCUT2D eigenvalue weighted by molar-refractivity contribution is 0.243. The summed E-state index contributed by atoms with van der Waals surface area (Å²) < 4.78 is 10.4. The molecule has 9 nitrogen and oxygen atoms in total. The molecule has 22 heavy (non-hydrogen) atoms. The first kappa shape index (κ1) is 15.8. The maximum Gasteiger partial charge on any atom is 0.542 e. The lowest BCUT2D eigenvalue weighted by Crippen LogP contribution is -2.10. The van der Waals surface area contributed by atoms with Crippen molar-refractivity contribution in [1.29, 1.82) is 0 Å². The number of benzene rings is 1. The molecule has 0 spiro atoms. The van der Waals surface area contributed by atoms with Gasteiger partial charge >= 0.3 is 13.9 Å². The average Bonchev–Trinajstić information content (AvgIpc) is 2.96. The topological polar surface area (TPSA) is 158 Å². The number of aromatic amines is 2. The molecule has 2 heterocycles. The monoisotopic (exact) mass is 322 g/mol. The van der Waals surface area contributed by atoms with Crippen molar-refractivity contribution >= 4 is 25.1 Å². The van der Waals surface area contributed by atoms with Crippen LogP contribution >= 0.6 is 8.03 Å². The van der Waals surface area contributed by atoms with Crippen LogP contribution in [0.3, 0.4) is 0 Å². The minimum absolute atomic E-state index is 0.0783. The van der Waals surface area contributed by atoms with Gasteiger partial charge in [-0.3, -0.25) is 9.78 Å². The highest BCUT2D eigenvalue weighted by molar-refractivity contribution is 7.38. The van der Waals surface area contributed by atoms with Crippen molar-refractivity contribution < 1.29 is 14.6 Å². The van der Waals surface area contributed by atoms with Crippen molar-refractivity contribution in [1.82, 2.24) is 19.9 Å². The number of imidazole rings is 1. The number of aliphatic hydroxyl groups is 1. The molecule has 3 aromatic rings. The predicted octanol–water partition coefficient (Wildman–Crippen LogP) is 0.641. The molecule has 0 aliphatic rings. The molecule has 0 aliphatic heterocycles. The van der Waals surface area contributed by atoms with Crippen LogP contribution < -0.4 is 11.3 Å². The van der Waals surface area contributed by atoms with E-state index < -0.39 is 13.9 Å². The normalized spacial score (nSPS) is 12.4. The summed E-state index contributed by atoms with van der Waals surface area (Å²) in [5, 5.41) is 9.06. The second-order valence-electron chi connectivity index (χ2n) is 4.14. The van der Waals surface area contributed by atoms with Crippen molar-refractivity contribution in [3.63, 3.8) is 0 Å². The minimum Gasteiger partial charge on any atom is -0.369 e. The number of H-pyrrole nitrogens is 2. The van der Waals surface area contributed by atoms with E-state index in [-0.39, 0.29) is 11.5 Å². The summed E-state index contributed by atoms with van der Waals surface area (Å²) in [4.78, 5) is 32.1. The maximum atomic E-state index is 11.0. The molecular formula is C12H13N5O4P+. The third-order valence-electron chi connectivity index (χ3n) is 2.62. The molecule has 0 bridgehead atoms. The first-order valence-electron chi connectivity index (χ1n) is 6.06. The fourth-order valence-electron chi connectivity index (χ4n) is 1.61. The van der Waals surface area contributed by atoms with Gasteiger partial charge in [0.25, 0.3) is 5.56 Å². The van der Waals surface area contributed by atoms with Crippen molar-refractivity contribution in [2.75, 3.05) is 5.73 Å². The standard InChI is InChI=1S/C7H7O3P.C5H5N5O/c8-7(11(9)10)6-4-2-1-3-5-6;6-5-9-3-2(4(11)10-5)7-1-8-3/h1-5,7-8H;1H,(H4,6,7,8,9,10,11)/p+1. The van der Waals surface area contributed by atoms with Crippen LogP contribution in [0.25, 0.3) is 11.2 Å². The maximum absolute atomic E-state index is 11.0. The number of aliphatic hydroxyl groups excluding tert-OH is 1. The Morgan fingerprint density at radius 1 is 1.27 bits per heavy atom. The highest BCUT2D eigenvalue weighted by Gasteiger charge is 2.27. The molecule has 3 rings (SSSR count). The van der Waals surface area contributed by atoms with E-state index >= 15 is 0 Å². The van der Waals surface area contributed by atoms with Gasteiger partial charge in [0.2, 0.25) is 5.95 Å². The van der Waals surface area contributed by atoms with Gasteiger partial charge in [-0.05, 0) is 4.57 Å². The van der Waals surface area contributed by atoms with Crippen molar-refractivity contribution in [3.8, 4) is 0 Å². The number of fused-ring (bicyclic) bond motifs is 1. The Hall–Kier alpha value is -2.61. The number of nitrogens with one attached hydrogen (secondary N) is 2. The molecule has 0 fully saturated rings. The third kappa shape index (κ3) is 3.73. The molecule has 0 amide bonds. The Labute approximate surface area is 124 Å². The van der Waals surface area contributed by atoms with Gasteiger partial charge in [-0.15, -0.1) is 0 Å². The molecule has 1 aromatic carbocycles. The molecule has 2 unspecified atom stereocenters. The Morgan fingerprint density at radius 2 is 1.95 bits per heavy atom. The smallest absolute Gasteiger partial charge is 0.369 e. The van der Waals surface area contributed by atoms with E-state index in [1.165, 1.54) is 6.33 Å². The second-order valence-corrected chi connectivity index (χ2v) is 5.23. The van der Waals surface area contributed by atoms with E-state index in [1.54, 1.807) is 30.3 Å². The van der Waals surface area contributed by atoms with Crippen LogP contribution in [0.1, 0.15) is 11.4 Å². The van der Waals surface area contributed by atoms with Crippen LogP contribution in [-0.4, -0.2) is 29.9 Å². The predicted molar refractivity (Wildman–Crippen MR) is 80.1 cm³/mol. The van der Waals surface area contributed by atoms with E-state index in [0.29, 0.717) is 16.7 Å². The number of hydrogen-bond donors (Lipinski definition) is 5. The zero-order chi connectivity index (χ0) is 16.1. The lowest BCUT2D eigenvalue weighted by Gasteiger charge is -1.94. The van der Waals surface area contributed by atoms with Crippen LogP contribution in [-0.2, 0) is 4.57 Å². The second kappa shape index (κ2) is 6.90. The number of nitrogen functional groups attached to an aromatic ring is 1. The molecule has 114 valence electrons. The molecule has 2 aromatic heterocycles. The Balaban J connectivity index is 0.000000160. The minimum atomic E-state index is -2.53. The van der Waals surface area contributed by atoms with Crippen LogP contribution in [0.2, 0.25) is 0 Å².